The van der Waals surface area contributed by atoms with E-state index in [1.807, 2.05) is 0 Å². The zero-order chi connectivity index (χ0) is 14.4. The molecule has 5 nitrogen and oxygen atoms in total. The summed E-state index contributed by atoms with van der Waals surface area (Å²) in [7, 11) is 1.71. The number of hydrogen-bond donors (Lipinski definition) is 2. The Bertz CT molecular complexity index is 466. The van der Waals surface area contributed by atoms with Crippen LogP contribution < -0.4 is 15.4 Å². The summed E-state index contributed by atoms with van der Waals surface area (Å²) in [4.78, 5) is 11.6. The molecule has 0 bridgehead atoms. The standard InChI is InChI=1S/C14H19ClN2O3.ClH/c1-16-8-14(18)17-12-7-10(15)4-5-13(12)20-9-11-3-2-6-19-11;/h4-5,7,11,16H,2-3,6,8-9H2,1H3,(H,17,18);1H. The molecule has 1 heterocycles. The Labute approximate surface area is 135 Å². The van der Waals surface area contributed by atoms with Gasteiger partial charge in [0.05, 0.1) is 18.3 Å². The maximum absolute atomic E-state index is 11.6. The zero-order valence-electron chi connectivity index (χ0n) is 11.9. The van der Waals surface area contributed by atoms with E-state index in [0.717, 1.165) is 19.4 Å². The molecular weight excluding hydrogens is 315 g/mol. The number of halogens is 2. The van der Waals surface area contributed by atoms with E-state index in [1.54, 1.807) is 25.2 Å². The van der Waals surface area contributed by atoms with Gasteiger partial charge in [-0.2, -0.15) is 0 Å². The van der Waals surface area contributed by atoms with E-state index < -0.39 is 0 Å². The van der Waals surface area contributed by atoms with Gasteiger partial charge in [-0.3, -0.25) is 4.79 Å². The van der Waals surface area contributed by atoms with E-state index in [0.29, 0.717) is 23.1 Å². The van der Waals surface area contributed by atoms with Crippen LogP contribution >= 0.6 is 24.0 Å². The minimum Gasteiger partial charge on any atom is -0.489 e. The third-order valence-electron chi connectivity index (χ3n) is 3.00. The van der Waals surface area contributed by atoms with Crippen molar-refractivity contribution in [1.82, 2.24) is 5.32 Å². The minimum atomic E-state index is -0.142. The molecule has 1 aromatic carbocycles. The molecule has 0 aromatic heterocycles. The molecule has 7 heteroatoms. The molecule has 21 heavy (non-hydrogen) atoms. The van der Waals surface area contributed by atoms with E-state index in [9.17, 15) is 4.79 Å². The Balaban J connectivity index is 0.00000220. The van der Waals surface area contributed by atoms with E-state index >= 15 is 0 Å². The van der Waals surface area contributed by atoms with E-state index in [-0.39, 0.29) is 31.0 Å². The predicted molar refractivity (Wildman–Crippen MR) is 85.7 cm³/mol. The smallest absolute Gasteiger partial charge is 0.238 e. The maximum atomic E-state index is 11.6. The number of carbonyl (C=O) groups excluding carboxylic acids is 1. The van der Waals surface area contributed by atoms with Crippen LogP contribution in [0.5, 0.6) is 5.75 Å². The highest BCUT2D eigenvalue weighted by atomic mass is 35.5. The lowest BCUT2D eigenvalue weighted by Gasteiger charge is -2.15. The van der Waals surface area contributed by atoms with Crippen molar-refractivity contribution in [3.8, 4) is 5.75 Å². The average molecular weight is 335 g/mol. The second-order valence-corrected chi connectivity index (χ2v) is 5.10. The van der Waals surface area contributed by atoms with Gasteiger partial charge in [-0.1, -0.05) is 11.6 Å². The van der Waals surface area contributed by atoms with Crippen LogP contribution in [0.3, 0.4) is 0 Å². The largest absolute Gasteiger partial charge is 0.489 e. The van der Waals surface area contributed by atoms with Crippen LogP contribution in [-0.2, 0) is 9.53 Å². The Morgan fingerprint density at radius 1 is 1.52 bits per heavy atom. The number of rotatable bonds is 6. The first-order valence-corrected chi connectivity index (χ1v) is 7.05. The third kappa shape index (κ3) is 5.71. The lowest BCUT2D eigenvalue weighted by molar-refractivity contribution is -0.115. The fourth-order valence-corrected chi connectivity index (χ4v) is 2.21. The Morgan fingerprint density at radius 2 is 2.33 bits per heavy atom. The van der Waals surface area contributed by atoms with Crippen molar-refractivity contribution in [3.63, 3.8) is 0 Å². The van der Waals surface area contributed by atoms with Crippen LogP contribution in [0, 0.1) is 0 Å². The first-order valence-electron chi connectivity index (χ1n) is 6.67. The number of nitrogens with one attached hydrogen (secondary N) is 2. The molecule has 0 spiro atoms. The summed E-state index contributed by atoms with van der Waals surface area (Å²) < 4.78 is 11.2. The normalized spacial score (nSPS) is 17.1. The molecule has 118 valence electrons. The molecule has 1 aliphatic heterocycles. The van der Waals surface area contributed by atoms with Crippen molar-refractivity contribution in [2.45, 2.75) is 18.9 Å². The first kappa shape index (κ1) is 18.0. The lowest BCUT2D eigenvalue weighted by Crippen LogP contribution is -2.25. The second-order valence-electron chi connectivity index (χ2n) is 4.67. The quantitative estimate of drug-likeness (QED) is 0.839. The summed E-state index contributed by atoms with van der Waals surface area (Å²) in [5, 5.41) is 6.12. The molecule has 1 atom stereocenters. The van der Waals surface area contributed by atoms with Gasteiger partial charge in [-0.25, -0.2) is 0 Å². The summed E-state index contributed by atoms with van der Waals surface area (Å²) in [5.41, 5.74) is 0.579. The highest BCUT2D eigenvalue weighted by Crippen LogP contribution is 2.28. The molecule has 1 aromatic rings. The van der Waals surface area contributed by atoms with Gasteiger partial charge in [-0.05, 0) is 38.1 Å². The molecule has 0 saturated carbocycles. The van der Waals surface area contributed by atoms with Gasteiger partial charge in [0, 0.05) is 11.6 Å². The predicted octanol–water partition coefficient (Wildman–Crippen LogP) is 2.48. The number of ether oxygens (including phenoxy) is 2. The first-order chi connectivity index (χ1) is 9.69. The summed E-state index contributed by atoms with van der Waals surface area (Å²) >= 11 is 5.96. The number of hydrogen-bond acceptors (Lipinski definition) is 4. The summed E-state index contributed by atoms with van der Waals surface area (Å²) in [6.07, 6.45) is 2.21. The van der Waals surface area contributed by atoms with Crippen LogP contribution in [-0.4, -0.2) is 38.8 Å². The van der Waals surface area contributed by atoms with Crippen molar-refractivity contribution in [2.24, 2.45) is 0 Å². The van der Waals surface area contributed by atoms with Crippen LogP contribution in [0.2, 0.25) is 5.02 Å². The molecule has 0 aliphatic carbocycles. The van der Waals surface area contributed by atoms with Crippen molar-refractivity contribution < 1.29 is 14.3 Å². The zero-order valence-corrected chi connectivity index (χ0v) is 13.4. The lowest BCUT2D eigenvalue weighted by atomic mass is 10.2. The molecular formula is C14H20Cl2N2O3. The number of benzene rings is 1. The number of amides is 1. The summed E-state index contributed by atoms with van der Waals surface area (Å²) in [5.74, 6) is 0.464. The maximum Gasteiger partial charge on any atom is 0.238 e. The van der Waals surface area contributed by atoms with Crippen LogP contribution in [0.4, 0.5) is 5.69 Å². The summed E-state index contributed by atoms with van der Waals surface area (Å²) in [6, 6.07) is 5.17. The highest BCUT2D eigenvalue weighted by Gasteiger charge is 2.17. The van der Waals surface area contributed by atoms with Crippen molar-refractivity contribution in [3.05, 3.63) is 23.2 Å². The molecule has 1 aliphatic rings. The molecule has 1 fully saturated rings. The molecule has 2 rings (SSSR count). The Kier molecular flexibility index (Phi) is 7.82. The SMILES string of the molecule is CNCC(=O)Nc1cc(Cl)ccc1OCC1CCCO1.Cl. The highest BCUT2D eigenvalue weighted by molar-refractivity contribution is 6.31. The molecule has 2 N–H and O–H groups in total. The van der Waals surface area contributed by atoms with E-state index in [4.69, 9.17) is 21.1 Å². The van der Waals surface area contributed by atoms with Gasteiger partial charge in [-0.15, -0.1) is 12.4 Å². The van der Waals surface area contributed by atoms with Gasteiger partial charge >= 0.3 is 0 Å². The van der Waals surface area contributed by atoms with Gasteiger partial charge in [0.25, 0.3) is 0 Å². The average Bonchev–Trinajstić information content (AvgIpc) is 2.91. The third-order valence-corrected chi connectivity index (χ3v) is 3.24. The fourth-order valence-electron chi connectivity index (χ4n) is 2.04. The molecule has 1 saturated heterocycles. The van der Waals surface area contributed by atoms with E-state index in [1.165, 1.54) is 0 Å². The number of likely N-dealkylation sites (N-methyl/N-ethyl adjacent to an activating group) is 1. The van der Waals surface area contributed by atoms with E-state index in [2.05, 4.69) is 10.6 Å². The van der Waals surface area contributed by atoms with Crippen LogP contribution in [0.15, 0.2) is 18.2 Å². The van der Waals surface area contributed by atoms with Gasteiger partial charge in [0.1, 0.15) is 12.4 Å². The molecule has 1 amide bonds. The second kappa shape index (κ2) is 9.10. The molecule has 0 radical (unpaired) electrons. The van der Waals surface area contributed by atoms with Gasteiger partial charge in [0.2, 0.25) is 5.91 Å². The minimum absolute atomic E-state index is 0. The van der Waals surface area contributed by atoms with Crippen LogP contribution in [0.1, 0.15) is 12.8 Å². The topological polar surface area (TPSA) is 59.6 Å². The van der Waals surface area contributed by atoms with Gasteiger partial charge in [0.15, 0.2) is 0 Å². The number of carbonyl (C=O) groups is 1. The van der Waals surface area contributed by atoms with Crippen molar-refractivity contribution >= 4 is 35.6 Å². The monoisotopic (exact) mass is 334 g/mol. The van der Waals surface area contributed by atoms with Crippen molar-refractivity contribution in [2.75, 3.05) is 32.1 Å². The molecule has 1 unspecified atom stereocenters. The fraction of sp³-hybridized carbons (Fsp3) is 0.500. The summed E-state index contributed by atoms with van der Waals surface area (Å²) in [6.45, 7) is 1.51. The van der Waals surface area contributed by atoms with Gasteiger partial charge < -0.3 is 20.1 Å². The Morgan fingerprint density at radius 3 is 3.00 bits per heavy atom. The Hall–Kier alpha value is -1.01. The van der Waals surface area contributed by atoms with Crippen LogP contribution in [0.25, 0.3) is 0 Å². The van der Waals surface area contributed by atoms with Crippen molar-refractivity contribution in [1.29, 1.82) is 0 Å². The number of anilines is 1.